The Balaban J connectivity index is 1.70. The van der Waals surface area contributed by atoms with Crippen molar-refractivity contribution in [2.24, 2.45) is 0 Å². The first-order valence-electron chi connectivity index (χ1n) is 7.84. The summed E-state index contributed by atoms with van der Waals surface area (Å²) in [7, 11) is 0. The Hall–Kier alpha value is -2.94. The van der Waals surface area contributed by atoms with Crippen molar-refractivity contribution in [1.29, 1.82) is 0 Å². The van der Waals surface area contributed by atoms with Crippen molar-refractivity contribution in [1.82, 2.24) is 15.5 Å². The minimum Gasteiger partial charge on any atom is -0.488 e. The minimum absolute atomic E-state index is 0.00931. The highest BCUT2D eigenvalue weighted by Crippen LogP contribution is 2.24. The number of nitrogens with one attached hydrogen (secondary N) is 2. The van der Waals surface area contributed by atoms with Crippen LogP contribution in [0.3, 0.4) is 0 Å². The van der Waals surface area contributed by atoms with Crippen molar-refractivity contribution in [3.05, 3.63) is 51.3 Å². The summed E-state index contributed by atoms with van der Waals surface area (Å²) in [5.74, 6) is 0.0786. The van der Waals surface area contributed by atoms with Crippen molar-refractivity contribution >= 4 is 11.6 Å². The Morgan fingerprint density at radius 1 is 1.56 bits per heavy atom. The molecule has 0 radical (unpaired) electrons. The Labute approximate surface area is 143 Å². The molecule has 2 N–H and O–H groups in total. The maximum atomic E-state index is 12.2. The van der Waals surface area contributed by atoms with Gasteiger partial charge in [-0.2, -0.15) is 5.10 Å². The average molecular weight is 346 g/mol. The first-order valence-corrected chi connectivity index (χ1v) is 7.84. The molecule has 1 saturated heterocycles. The number of carbonyl (C=O) groups excluding carboxylic acids is 1. The van der Waals surface area contributed by atoms with Crippen molar-refractivity contribution < 1.29 is 19.2 Å². The van der Waals surface area contributed by atoms with Gasteiger partial charge in [-0.25, -0.2) is 0 Å². The van der Waals surface area contributed by atoms with Crippen LogP contribution in [0.1, 0.15) is 28.0 Å². The summed E-state index contributed by atoms with van der Waals surface area (Å²) in [6, 6.07) is 5.68. The van der Waals surface area contributed by atoms with Crippen molar-refractivity contribution in [3.63, 3.8) is 0 Å². The molecule has 25 heavy (non-hydrogen) atoms. The SMILES string of the molecule is Cc1ccc(CNC(=O)c2[nH]ncc2[N+](=O)[O-])c(OC2CCOC2)c1. The molecule has 1 amide bonds. The summed E-state index contributed by atoms with van der Waals surface area (Å²) in [6.07, 6.45) is 1.82. The number of rotatable bonds is 6. The fraction of sp³-hybridized carbons (Fsp3) is 0.375. The Bertz CT molecular complexity index is 783. The van der Waals surface area contributed by atoms with E-state index in [1.54, 1.807) is 0 Å². The molecule has 1 aliphatic rings. The number of H-pyrrole nitrogens is 1. The fourth-order valence-corrected chi connectivity index (χ4v) is 2.55. The zero-order valence-corrected chi connectivity index (χ0v) is 13.7. The predicted molar refractivity (Wildman–Crippen MR) is 87.4 cm³/mol. The zero-order chi connectivity index (χ0) is 17.8. The van der Waals surface area contributed by atoms with Crippen LogP contribution in [0.5, 0.6) is 5.75 Å². The van der Waals surface area contributed by atoms with Crippen LogP contribution in [0, 0.1) is 17.0 Å². The van der Waals surface area contributed by atoms with E-state index in [2.05, 4.69) is 15.5 Å². The van der Waals surface area contributed by atoms with Crippen LogP contribution in [-0.2, 0) is 11.3 Å². The number of carbonyl (C=O) groups is 1. The average Bonchev–Trinajstić information content (AvgIpc) is 3.25. The van der Waals surface area contributed by atoms with Crippen molar-refractivity contribution in [2.45, 2.75) is 26.0 Å². The summed E-state index contributed by atoms with van der Waals surface area (Å²) in [5.41, 5.74) is 1.28. The van der Waals surface area contributed by atoms with E-state index in [4.69, 9.17) is 9.47 Å². The second-order valence-corrected chi connectivity index (χ2v) is 5.78. The number of ether oxygens (including phenoxy) is 2. The lowest BCUT2D eigenvalue weighted by Gasteiger charge is -2.16. The Morgan fingerprint density at radius 3 is 3.12 bits per heavy atom. The third kappa shape index (κ3) is 3.94. The molecule has 0 saturated carbocycles. The number of hydrogen-bond donors (Lipinski definition) is 2. The maximum absolute atomic E-state index is 12.2. The van der Waals surface area contributed by atoms with Gasteiger partial charge in [-0.05, 0) is 18.6 Å². The third-order valence-electron chi connectivity index (χ3n) is 3.89. The van der Waals surface area contributed by atoms with Crippen LogP contribution in [0.2, 0.25) is 0 Å². The molecule has 1 aromatic heterocycles. The molecule has 0 aliphatic carbocycles. The van der Waals surface area contributed by atoms with Crippen LogP contribution >= 0.6 is 0 Å². The molecule has 2 aromatic rings. The predicted octanol–water partition coefficient (Wildman–Crippen LogP) is 1.72. The van der Waals surface area contributed by atoms with Gasteiger partial charge in [-0.15, -0.1) is 0 Å². The molecule has 2 heterocycles. The summed E-state index contributed by atoms with van der Waals surface area (Å²) in [5, 5.41) is 19.4. The number of amides is 1. The molecule has 1 unspecified atom stereocenters. The smallest absolute Gasteiger partial charge is 0.319 e. The van der Waals surface area contributed by atoms with Gasteiger partial charge in [-0.1, -0.05) is 12.1 Å². The molecule has 3 rings (SSSR count). The quantitative estimate of drug-likeness (QED) is 0.607. The number of aryl methyl sites for hydroxylation is 1. The molecule has 1 aliphatic heterocycles. The largest absolute Gasteiger partial charge is 0.488 e. The number of benzene rings is 1. The van der Waals surface area contributed by atoms with Gasteiger partial charge in [0.25, 0.3) is 5.91 Å². The van der Waals surface area contributed by atoms with Gasteiger partial charge >= 0.3 is 5.69 Å². The Kier molecular flexibility index (Phi) is 4.94. The number of hydrogen-bond acceptors (Lipinski definition) is 6. The number of aromatic nitrogens is 2. The van der Waals surface area contributed by atoms with Crippen LogP contribution in [0.15, 0.2) is 24.4 Å². The number of aromatic amines is 1. The van der Waals surface area contributed by atoms with E-state index in [0.29, 0.717) is 19.0 Å². The molecular weight excluding hydrogens is 328 g/mol. The molecule has 9 nitrogen and oxygen atoms in total. The lowest BCUT2D eigenvalue weighted by Crippen LogP contribution is -2.25. The van der Waals surface area contributed by atoms with Crippen molar-refractivity contribution in [3.8, 4) is 5.75 Å². The normalized spacial score (nSPS) is 16.6. The van der Waals surface area contributed by atoms with E-state index in [1.165, 1.54) is 0 Å². The van der Waals surface area contributed by atoms with Gasteiger partial charge in [0.05, 0.1) is 18.1 Å². The maximum Gasteiger partial charge on any atom is 0.319 e. The second-order valence-electron chi connectivity index (χ2n) is 5.78. The fourth-order valence-electron chi connectivity index (χ4n) is 2.55. The van der Waals surface area contributed by atoms with E-state index >= 15 is 0 Å². The number of nitrogens with zero attached hydrogens (tertiary/aromatic N) is 2. The Morgan fingerprint density at radius 2 is 2.40 bits per heavy atom. The lowest BCUT2D eigenvalue weighted by molar-refractivity contribution is -0.385. The van der Waals surface area contributed by atoms with Crippen LogP contribution in [0.4, 0.5) is 5.69 Å². The van der Waals surface area contributed by atoms with E-state index < -0.39 is 10.8 Å². The van der Waals surface area contributed by atoms with E-state index in [-0.39, 0.29) is 24.0 Å². The van der Waals surface area contributed by atoms with Gasteiger partial charge < -0.3 is 14.8 Å². The first-order chi connectivity index (χ1) is 12.0. The third-order valence-corrected chi connectivity index (χ3v) is 3.89. The van der Waals surface area contributed by atoms with Crippen LogP contribution in [-0.4, -0.2) is 40.3 Å². The molecule has 1 atom stereocenters. The van der Waals surface area contributed by atoms with Gasteiger partial charge in [-0.3, -0.25) is 20.0 Å². The molecule has 0 spiro atoms. The monoisotopic (exact) mass is 346 g/mol. The van der Waals surface area contributed by atoms with Gasteiger partial charge in [0.2, 0.25) is 5.69 Å². The van der Waals surface area contributed by atoms with E-state index in [1.807, 2.05) is 25.1 Å². The molecular formula is C16H18N4O5. The standard InChI is InChI=1S/C16H18N4O5/c1-10-2-3-11(14(6-10)25-12-4-5-24-9-12)7-17-16(21)15-13(20(22)23)8-18-19-15/h2-3,6,8,12H,4-5,7,9H2,1H3,(H,17,21)(H,18,19). The highest BCUT2D eigenvalue weighted by atomic mass is 16.6. The van der Waals surface area contributed by atoms with E-state index in [9.17, 15) is 14.9 Å². The molecule has 9 heteroatoms. The van der Waals surface area contributed by atoms with Gasteiger partial charge in [0, 0.05) is 18.5 Å². The summed E-state index contributed by atoms with van der Waals surface area (Å²) >= 11 is 0. The van der Waals surface area contributed by atoms with E-state index in [0.717, 1.165) is 23.7 Å². The number of nitro groups is 1. The molecule has 1 fully saturated rings. The highest BCUT2D eigenvalue weighted by Gasteiger charge is 2.23. The van der Waals surface area contributed by atoms with Crippen molar-refractivity contribution in [2.75, 3.05) is 13.2 Å². The second kappa shape index (κ2) is 7.31. The van der Waals surface area contributed by atoms with Crippen LogP contribution < -0.4 is 10.1 Å². The summed E-state index contributed by atoms with van der Waals surface area (Å²) in [6.45, 7) is 3.35. The molecule has 0 bridgehead atoms. The zero-order valence-electron chi connectivity index (χ0n) is 13.7. The summed E-state index contributed by atoms with van der Waals surface area (Å²) in [4.78, 5) is 22.4. The molecule has 132 valence electrons. The van der Waals surface area contributed by atoms with Gasteiger partial charge in [0.1, 0.15) is 18.1 Å². The summed E-state index contributed by atoms with van der Waals surface area (Å²) < 4.78 is 11.3. The lowest BCUT2D eigenvalue weighted by atomic mass is 10.1. The van der Waals surface area contributed by atoms with Crippen LogP contribution in [0.25, 0.3) is 0 Å². The first kappa shape index (κ1) is 16.9. The van der Waals surface area contributed by atoms with Gasteiger partial charge in [0.15, 0.2) is 0 Å². The highest BCUT2D eigenvalue weighted by molar-refractivity contribution is 5.95. The molecule has 1 aromatic carbocycles. The topological polar surface area (TPSA) is 119 Å². The minimum atomic E-state index is -0.654.